The number of carbonyl (C=O) groups excluding carboxylic acids is 2. The molecule has 0 spiro atoms. The lowest BCUT2D eigenvalue weighted by molar-refractivity contribution is -0.123. The van der Waals surface area contributed by atoms with Crippen molar-refractivity contribution >= 4 is 40.6 Å². The highest BCUT2D eigenvalue weighted by Crippen LogP contribution is 2.29. The second kappa shape index (κ2) is 9.74. The Labute approximate surface area is 194 Å². The summed E-state index contributed by atoms with van der Waals surface area (Å²) in [5.41, 5.74) is 10.2. The fourth-order valence-electron chi connectivity index (χ4n) is 3.38. The Morgan fingerprint density at radius 2 is 1.82 bits per heavy atom. The molecule has 4 rings (SSSR count). The quantitative estimate of drug-likeness (QED) is 0.324. The van der Waals surface area contributed by atoms with Crippen LogP contribution in [-0.2, 0) is 11.2 Å². The molecule has 1 atom stereocenters. The smallest absolute Gasteiger partial charge is 0.405 e. The molecule has 0 radical (unpaired) electrons. The first-order chi connectivity index (χ1) is 15.9. The van der Waals surface area contributed by atoms with Crippen LogP contribution in [0.2, 0.25) is 0 Å². The highest BCUT2D eigenvalue weighted by Gasteiger charge is 2.28. The molecule has 170 valence electrons. The van der Waals surface area contributed by atoms with Gasteiger partial charge in [-0.1, -0.05) is 18.2 Å². The number of hydrogen-bond donors (Lipinski definition) is 5. The van der Waals surface area contributed by atoms with Gasteiger partial charge in [0.2, 0.25) is 5.91 Å². The van der Waals surface area contributed by atoms with E-state index >= 15 is 0 Å². The topological polar surface area (TPSA) is 134 Å². The van der Waals surface area contributed by atoms with Crippen LogP contribution in [0.4, 0.5) is 16.2 Å². The van der Waals surface area contributed by atoms with Crippen molar-refractivity contribution in [1.82, 2.24) is 10.6 Å². The van der Waals surface area contributed by atoms with E-state index in [1.165, 1.54) is 0 Å². The molecule has 6 N–H and O–H groups in total. The minimum atomic E-state index is -1.26. The minimum Gasteiger partial charge on any atom is -0.465 e. The Balaban J connectivity index is 1.43. The lowest BCUT2D eigenvalue weighted by Gasteiger charge is -2.17. The lowest BCUT2D eigenvalue weighted by atomic mass is 10.0. The van der Waals surface area contributed by atoms with Crippen molar-refractivity contribution in [1.29, 1.82) is 0 Å². The molecular formula is C24H24N4O4S. The van der Waals surface area contributed by atoms with Crippen LogP contribution >= 0.6 is 11.3 Å². The summed E-state index contributed by atoms with van der Waals surface area (Å²) in [7, 11) is 0. The summed E-state index contributed by atoms with van der Waals surface area (Å²) in [4.78, 5) is 36.2. The number of amides is 3. The van der Waals surface area contributed by atoms with E-state index in [9.17, 15) is 14.4 Å². The first-order valence-corrected chi connectivity index (χ1v) is 11.5. The van der Waals surface area contributed by atoms with Crippen molar-refractivity contribution in [3.63, 3.8) is 0 Å². The maximum atomic E-state index is 12.8. The molecule has 0 bridgehead atoms. The summed E-state index contributed by atoms with van der Waals surface area (Å²) in [6, 6.07) is 13.4. The zero-order chi connectivity index (χ0) is 23.4. The Bertz CT molecular complexity index is 1160. The summed E-state index contributed by atoms with van der Waals surface area (Å²) in [5, 5.41) is 21.0. The summed E-state index contributed by atoms with van der Waals surface area (Å²) in [6.45, 7) is 0. The maximum absolute atomic E-state index is 12.8. The molecule has 1 fully saturated rings. The Kier molecular flexibility index (Phi) is 6.60. The largest absolute Gasteiger partial charge is 0.465 e. The molecule has 3 amide bonds. The standard InChI is InChI=1S/C24H24N4O4S/c25-19-8-5-16(17-9-10-33-13-17)12-20(19)27-22(29)15-3-1-14(2-4-15)11-21(28-24(31)32)23(30)26-18-6-7-18/h1-5,8-10,12-13,18,21,28H,6-7,11,25H2,(H,26,30)(H,27,29)(H,31,32)/t21-/m0/s1. The SMILES string of the molecule is Nc1ccc(-c2ccsc2)cc1NC(=O)c1ccc(C[C@H](NC(=O)O)C(=O)NC2CC2)cc1. The average molecular weight is 465 g/mol. The van der Waals surface area contributed by atoms with Crippen molar-refractivity contribution in [3.8, 4) is 11.1 Å². The number of carboxylic acid groups (broad SMARTS) is 1. The Morgan fingerprint density at radius 1 is 1.06 bits per heavy atom. The molecule has 0 aliphatic heterocycles. The van der Waals surface area contributed by atoms with Crippen LogP contribution in [-0.4, -0.2) is 35.1 Å². The first kappa shape index (κ1) is 22.3. The molecule has 0 saturated heterocycles. The number of benzene rings is 2. The molecule has 9 heteroatoms. The van der Waals surface area contributed by atoms with Gasteiger partial charge in [0, 0.05) is 18.0 Å². The van der Waals surface area contributed by atoms with Gasteiger partial charge < -0.3 is 26.8 Å². The predicted molar refractivity (Wildman–Crippen MR) is 128 cm³/mol. The number of thiophene rings is 1. The lowest BCUT2D eigenvalue weighted by Crippen LogP contribution is -2.48. The number of nitrogen functional groups attached to an aromatic ring is 1. The summed E-state index contributed by atoms with van der Waals surface area (Å²) in [6.07, 6.45) is 0.748. The normalized spacial score (nSPS) is 13.7. The fourth-order valence-corrected chi connectivity index (χ4v) is 4.05. The van der Waals surface area contributed by atoms with Crippen LogP contribution in [0.1, 0.15) is 28.8 Å². The molecule has 8 nitrogen and oxygen atoms in total. The predicted octanol–water partition coefficient (Wildman–Crippen LogP) is 3.71. The molecule has 0 unspecified atom stereocenters. The molecule has 3 aromatic rings. The summed E-state index contributed by atoms with van der Waals surface area (Å²) < 4.78 is 0. The van der Waals surface area contributed by atoms with E-state index in [4.69, 9.17) is 10.8 Å². The first-order valence-electron chi connectivity index (χ1n) is 10.5. The molecular weight excluding hydrogens is 440 g/mol. The van der Waals surface area contributed by atoms with Gasteiger partial charge in [0.15, 0.2) is 0 Å². The van der Waals surface area contributed by atoms with Gasteiger partial charge in [0.05, 0.1) is 11.4 Å². The molecule has 33 heavy (non-hydrogen) atoms. The molecule has 1 aromatic heterocycles. The van der Waals surface area contributed by atoms with Crippen LogP contribution in [0.25, 0.3) is 11.1 Å². The van der Waals surface area contributed by atoms with Gasteiger partial charge in [-0.25, -0.2) is 4.79 Å². The van der Waals surface area contributed by atoms with Crippen molar-refractivity contribution in [2.75, 3.05) is 11.1 Å². The third-order valence-corrected chi connectivity index (χ3v) is 6.03. The van der Waals surface area contributed by atoms with E-state index in [1.54, 1.807) is 41.7 Å². The van der Waals surface area contributed by atoms with Gasteiger partial charge in [-0.05, 0) is 70.6 Å². The van der Waals surface area contributed by atoms with Crippen LogP contribution in [0.15, 0.2) is 59.3 Å². The zero-order valence-corrected chi connectivity index (χ0v) is 18.5. The van der Waals surface area contributed by atoms with Crippen molar-refractivity contribution in [2.45, 2.75) is 31.3 Å². The van der Waals surface area contributed by atoms with Gasteiger partial charge in [0.25, 0.3) is 5.91 Å². The van der Waals surface area contributed by atoms with E-state index in [0.29, 0.717) is 16.9 Å². The van der Waals surface area contributed by atoms with Gasteiger partial charge in [-0.2, -0.15) is 11.3 Å². The Morgan fingerprint density at radius 3 is 2.45 bits per heavy atom. The maximum Gasteiger partial charge on any atom is 0.405 e. The van der Waals surface area contributed by atoms with E-state index in [-0.39, 0.29) is 24.3 Å². The van der Waals surface area contributed by atoms with Gasteiger partial charge in [-0.15, -0.1) is 0 Å². The average Bonchev–Trinajstić information content (AvgIpc) is 3.43. The third kappa shape index (κ3) is 5.89. The van der Waals surface area contributed by atoms with E-state index < -0.39 is 12.1 Å². The number of nitrogens with two attached hydrogens (primary N) is 1. The highest BCUT2D eigenvalue weighted by atomic mass is 32.1. The molecule has 1 aliphatic rings. The van der Waals surface area contributed by atoms with Gasteiger partial charge in [-0.3, -0.25) is 9.59 Å². The highest BCUT2D eigenvalue weighted by molar-refractivity contribution is 7.08. The van der Waals surface area contributed by atoms with E-state index in [1.807, 2.05) is 29.0 Å². The van der Waals surface area contributed by atoms with Crippen molar-refractivity contribution in [2.24, 2.45) is 0 Å². The Hall–Kier alpha value is -3.85. The monoisotopic (exact) mass is 464 g/mol. The minimum absolute atomic E-state index is 0.132. The van der Waals surface area contributed by atoms with Crippen LogP contribution in [0.5, 0.6) is 0 Å². The molecule has 2 aromatic carbocycles. The second-order valence-corrected chi connectivity index (χ2v) is 8.73. The number of anilines is 2. The van der Waals surface area contributed by atoms with Crippen LogP contribution in [0.3, 0.4) is 0 Å². The molecule has 1 saturated carbocycles. The molecule has 1 aliphatic carbocycles. The fraction of sp³-hybridized carbons (Fsp3) is 0.208. The van der Waals surface area contributed by atoms with Crippen LogP contribution in [0, 0.1) is 0 Å². The van der Waals surface area contributed by atoms with Gasteiger partial charge in [0.1, 0.15) is 6.04 Å². The van der Waals surface area contributed by atoms with E-state index in [2.05, 4.69) is 16.0 Å². The van der Waals surface area contributed by atoms with Crippen LogP contribution < -0.4 is 21.7 Å². The number of carbonyl (C=O) groups is 3. The zero-order valence-electron chi connectivity index (χ0n) is 17.7. The number of hydrogen-bond acceptors (Lipinski definition) is 5. The third-order valence-electron chi connectivity index (χ3n) is 5.35. The van der Waals surface area contributed by atoms with Crippen molar-refractivity contribution in [3.05, 3.63) is 70.4 Å². The van der Waals surface area contributed by atoms with Gasteiger partial charge >= 0.3 is 6.09 Å². The van der Waals surface area contributed by atoms with Crippen molar-refractivity contribution < 1.29 is 19.5 Å². The number of nitrogens with one attached hydrogen (secondary N) is 3. The number of rotatable bonds is 8. The summed E-state index contributed by atoms with van der Waals surface area (Å²) in [5.74, 6) is -0.662. The second-order valence-electron chi connectivity index (χ2n) is 7.95. The van der Waals surface area contributed by atoms with E-state index in [0.717, 1.165) is 29.5 Å². The summed E-state index contributed by atoms with van der Waals surface area (Å²) >= 11 is 1.59. The molecule has 1 heterocycles.